The molecule has 6 heteroatoms. The average molecular weight is 309 g/mol. The quantitative estimate of drug-likeness (QED) is 0.799. The molecule has 21 heavy (non-hydrogen) atoms. The van der Waals surface area contributed by atoms with Crippen molar-refractivity contribution < 1.29 is 8.42 Å². The van der Waals surface area contributed by atoms with E-state index in [4.69, 9.17) is 0 Å². The molecule has 1 aromatic rings. The van der Waals surface area contributed by atoms with Crippen LogP contribution >= 0.6 is 0 Å². The van der Waals surface area contributed by atoms with Crippen LogP contribution in [0.25, 0.3) is 0 Å². The minimum absolute atomic E-state index is 0.0585. The highest BCUT2D eigenvalue weighted by Crippen LogP contribution is 2.31. The molecule has 0 unspecified atom stereocenters. The number of nitrogens with zero attached hydrogens (tertiary/aromatic N) is 3. The second kappa shape index (κ2) is 5.93. The van der Waals surface area contributed by atoms with Crippen LogP contribution in [0.4, 0.5) is 0 Å². The van der Waals surface area contributed by atoms with Gasteiger partial charge in [-0.2, -0.15) is 5.10 Å². The second-order valence-electron chi connectivity index (χ2n) is 5.92. The summed E-state index contributed by atoms with van der Waals surface area (Å²) in [6.45, 7) is 3.47. The second-order valence-corrected chi connectivity index (χ2v) is 8.15. The molecule has 0 N–H and O–H groups in total. The van der Waals surface area contributed by atoms with E-state index >= 15 is 0 Å². The van der Waals surface area contributed by atoms with Gasteiger partial charge in [-0.3, -0.25) is 9.58 Å². The van der Waals surface area contributed by atoms with Gasteiger partial charge in [-0.25, -0.2) is 8.42 Å². The highest BCUT2D eigenvalue weighted by atomic mass is 32.2. The number of sulfone groups is 1. The van der Waals surface area contributed by atoms with Crippen LogP contribution in [0.5, 0.6) is 0 Å². The lowest BCUT2D eigenvalue weighted by atomic mass is 9.98. The van der Waals surface area contributed by atoms with E-state index in [0.29, 0.717) is 12.6 Å². The summed E-state index contributed by atoms with van der Waals surface area (Å²) in [5.74, 6) is 0.489. The van der Waals surface area contributed by atoms with Crippen molar-refractivity contribution in [1.29, 1.82) is 0 Å². The van der Waals surface area contributed by atoms with Crippen LogP contribution in [0.1, 0.15) is 37.8 Å². The Morgan fingerprint density at radius 2 is 2.29 bits per heavy atom. The largest absolute Gasteiger partial charge is 0.288 e. The van der Waals surface area contributed by atoms with Crippen LogP contribution < -0.4 is 0 Å². The number of aryl methyl sites for hydroxylation is 1. The molecule has 2 heterocycles. The van der Waals surface area contributed by atoms with Crippen LogP contribution in [-0.4, -0.2) is 47.2 Å². The van der Waals surface area contributed by atoms with Gasteiger partial charge in [-0.05, 0) is 26.2 Å². The van der Waals surface area contributed by atoms with Gasteiger partial charge in [-0.15, -0.1) is 0 Å². The Morgan fingerprint density at radius 3 is 2.95 bits per heavy atom. The number of rotatable bonds is 3. The predicted molar refractivity (Wildman–Crippen MR) is 82.8 cm³/mol. The standard InChI is InChI=1S/C15H23N3O2S/c1-2-17-11-13(10-16-17)15-12-21(19,20)9-8-18(15)14-6-4-3-5-7-14/h4,6,10-11,14-15H,2-3,5,7-9,12H2,1H3/t14-,15-/m1/s1. The smallest absolute Gasteiger partial charge is 0.153 e. The molecule has 0 radical (unpaired) electrons. The molecule has 1 saturated heterocycles. The van der Waals surface area contributed by atoms with Crippen LogP contribution in [0, 0.1) is 0 Å². The Balaban J connectivity index is 1.89. The summed E-state index contributed by atoms with van der Waals surface area (Å²) in [7, 11) is -2.95. The molecule has 1 aromatic heterocycles. The molecule has 0 saturated carbocycles. The zero-order valence-corrected chi connectivity index (χ0v) is 13.3. The van der Waals surface area contributed by atoms with E-state index in [9.17, 15) is 8.42 Å². The molecule has 2 atom stereocenters. The van der Waals surface area contributed by atoms with E-state index in [0.717, 1.165) is 24.9 Å². The third-order valence-corrected chi connectivity index (χ3v) is 6.12. The summed E-state index contributed by atoms with van der Waals surface area (Å²) in [5, 5.41) is 4.31. The van der Waals surface area contributed by atoms with Gasteiger partial charge in [0.05, 0.1) is 23.7 Å². The van der Waals surface area contributed by atoms with Crippen molar-refractivity contribution in [2.24, 2.45) is 0 Å². The van der Waals surface area contributed by atoms with E-state index in [1.165, 1.54) is 6.42 Å². The van der Waals surface area contributed by atoms with Gasteiger partial charge in [0.2, 0.25) is 0 Å². The molecular formula is C15H23N3O2S. The van der Waals surface area contributed by atoms with Crippen molar-refractivity contribution in [2.75, 3.05) is 18.1 Å². The first-order valence-electron chi connectivity index (χ1n) is 7.74. The number of aromatic nitrogens is 2. The lowest BCUT2D eigenvalue weighted by Crippen LogP contribution is -2.47. The lowest BCUT2D eigenvalue weighted by Gasteiger charge is -2.40. The Bertz CT molecular complexity index is 621. The summed E-state index contributed by atoms with van der Waals surface area (Å²) < 4.78 is 26.0. The summed E-state index contributed by atoms with van der Waals surface area (Å²) >= 11 is 0. The number of allylic oxidation sites excluding steroid dienone is 1. The molecule has 5 nitrogen and oxygen atoms in total. The summed E-state index contributed by atoms with van der Waals surface area (Å²) in [6.07, 6.45) is 11.7. The van der Waals surface area contributed by atoms with Crippen LogP contribution in [0.3, 0.4) is 0 Å². The van der Waals surface area contributed by atoms with Gasteiger partial charge in [-0.1, -0.05) is 12.2 Å². The highest BCUT2D eigenvalue weighted by molar-refractivity contribution is 7.91. The van der Waals surface area contributed by atoms with E-state index in [1.54, 1.807) is 0 Å². The summed E-state index contributed by atoms with van der Waals surface area (Å²) in [5.41, 5.74) is 1.03. The van der Waals surface area contributed by atoms with E-state index in [-0.39, 0.29) is 17.5 Å². The van der Waals surface area contributed by atoms with Gasteiger partial charge < -0.3 is 0 Å². The molecule has 1 aliphatic carbocycles. The molecule has 1 fully saturated rings. The molecule has 1 aliphatic heterocycles. The van der Waals surface area contributed by atoms with Crippen molar-refractivity contribution >= 4 is 9.84 Å². The maximum atomic E-state index is 12.1. The van der Waals surface area contributed by atoms with Crippen molar-refractivity contribution in [3.63, 3.8) is 0 Å². The first-order chi connectivity index (χ1) is 10.1. The Hall–Kier alpha value is -1.14. The van der Waals surface area contributed by atoms with Crippen molar-refractivity contribution in [2.45, 2.75) is 44.8 Å². The van der Waals surface area contributed by atoms with Crippen molar-refractivity contribution in [1.82, 2.24) is 14.7 Å². The Morgan fingerprint density at radius 1 is 1.43 bits per heavy atom. The van der Waals surface area contributed by atoms with Gasteiger partial charge in [0.15, 0.2) is 9.84 Å². The van der Waals surface area contributed by atoms with E-state index in [1.807, 2.05) is 24.0 Å². The fourth-order valence-corrected chi connectivity index (χ4v) is 4.82. The van der Waals surface area contributed by atoms with Crippen LogP contribution in [0.2, 0.25) is 0 Å². The fourth-order valence-electron chi connectivity index (χ4n) is 3.30. The highest BCUT2D eigenvalue weighted by Gasteiger charge is 2.36. The number of hydrogen-bond acceptors (Lipinski definition) is 4. The molecule has 0 spiro atoms. The third-order valence-electron chi connectivity index (χ3n) is 4.49. The molecule has 0 aromatic carbocycles. The van der Waals surface area contributed by atoms with Gasteiger partial charge in [0.1, 0.15) is 0 Å². The minimum atomic E-state index is -2.95. The average Bonchev–Trinajstić information content (AvgIpc) is 2.96. The van der Waals surface area contributed by atoms with Gasteiger partial charge in [0.25, 0.3) is 0 Å². The maximum absolute atomic E-state index is 12.1. The predicted octanol–water partition coefficient (Wildman–Crippen LogP) is 1.78. The van der Waals surface area contributed by atoms with E-state index < -0.39 is 9.84 Å². The first kappa shape index (κ1) is 14.8. The maximum Gasteiger partial charge on any atom is 0.153 e. The molecule has 116 valence electrons. The van der Waals surface area contributed by atoms with Crippen molar-refractivity contribution in [3.05, 3.63) is 30.1 Å². The Labute approximate surface area is 126 Å². The molecule has 0 bridgehead atoms. The molecule has 0 amide bonds. The summed E-state index contributed by atoms with van der Waals surface area (Å²) in [4.78, 5) is 2.35. The third kappa shape index (κ3) is 3.21. The molecule has 2 aliphatic rings. The van der Waals surface area contributed by atoms with Gasteiger partial charge >= 0.3 is 0 Å². The van der Waals surface area contributed by atoms with E-state index in [2.05, 4.69) is 22.2 Å². The topological polar surface area (TPSA) is 55.2 Å². The van der Waals surface area contributed by atoms with Crippen LogP contribution in [-0.2, 0) is 16.4 Å². The first-order valence-corrected chi connectivity index (χ1v) is 9.56. The SMILES string of the molecule is CCn1cc([C@H]2CS(=O)(=O)CCN2[C@@H]2C=CCCC2)cn1. The summed E-state index contributed by atoms with van der Waals surface area (Å²) in [6, 6.07) is 0.307. The molecular weight excluding hydrogens is 286 g/mol. The normalized spacial score (nSPS) is 29.6. The zero-order valence-electron chi connectivity index (χ0n) is 12.5. The van der Waals surface area contributed by atoms with Gasteiger partial charge in [0, 0.05) is 30.9 Å². The zero-order chi connectivity index (χ0) is 14.9. The number of hydrogen-bond donors (Lipinski definition) is 0. The Kier molecular flexibility index (Phi) is 4.17. The van der Waals surface area contributed by atoms with Crippen molar-refractivity contribution in [3.8, 4) is 0 Å². The monoisotopic (exact) mass is 309 g/mol. The van der Waals surface area contributed by atoms with Crippen LogP contribution in [0.15, 0.2) is 24.5 Å². The minimum Gasteiger partial charge on any atom is -0.288 e. The lowest BCUT2D eigenvalue weighted by molar-refractivity contribution is 0.163. The molecule has 3 rings (SSSR count). The fraction of sp³-hybridized carbons (Fsp3) is 0.667.